The Kier molecular flexibility index (Phi) is 5.82. The van der Waals surface area contributed by atoms with E-state index in [1.807, 2.05) is 20.8 Å². The van der Waals surface area contributed by atoms with E-state index in [4.69, 9.17) is 4.18 Å². The molecule has 0 saturated carbocycles. The van der Waals surface area contributed by atoms with Crippen molar-refractivity contribution in [1.29, 1.82) is 0 Å². The standard InChI is InChI=1S/C13H19BrO3S/c1-10(2)13(9-11(3)14)17-18(15,16)12-7-5-4-6-8-12/h4-8,10-11,13H,9H2,1-3H3. The van der Waals surface area contributed by atoms with Crippen LogP contribution in [0.4, 0.5) is 0 Å². The van der Waals surface area contributed by atoms with Crippen molar-refractivity contribution in [2.24, 2.45) is 5.92 Å². The van der Waals surface area contributed by atoms with Gasteiger partial charge in [0.1, 0.15) is 0 Å². The zero-order chi connectivity index (χ0) is 13.8. The van der Waals surface area contributed by atoms with Crippen molar-refractivity contribution in [2.45, 2.75) is 43.0 Å². The van der Waals surface area contributed by atoms with Gasteiger partial charge in [0.05, 0.1) is 11.0 Å². The van der Waals surface area contributed by atoms with Crippen LogP contribution in [0.15, 0.2) is 35.2 Å². The first-order chi connectivity index (χ1) is 8.33. The molecule has 2 unspecified atom stereocenters. The second-order valence-electron chi connectivity index (χ2n) is 4.66. The molecule has 0 aliphatic carbocycles. The normalized spacial score (nSPS) is 15.6. The third-order valence-electron chi connectivity index (χ3n) is 2.58. The van der Waals surface area contributed by atoms with Crippen molar-refractivity contribution in [3.63, 3.8) is 0 Å². The number of hydrogen-bond acceptors (Lipinski definition) is 3. The van der Waals surface area contributed by atoms with Gasteiger partial charge in [0.2, 0.25) is 0 Å². The summed E-state index contributed by atoms with van der Waals surface area (Å²) in [6, 6.07) is 8.25. The highest BCUT2D eigenvalue weighted by Gasteiger charge is 2.25. The van der Waals surface area contributed by atoms with Crippen molar-refractivity contribution in [2.75, 3.05) is 0 Å². The fourth-order valence-corrected chi connectivity index (χ4v) is 3.14. The number of benzene rings is 1. The van der Waals surface area contributed by atoms with Crippen LogP contribution in [-0.4, -0.2) is 19.3 Å². The Morgan fingerprint density at radius 3 is 2.17 bits per heavy atom. The first-order valence-corrected chi connectivity index (χ1v) is 8.27. The topological polar surface area (TPSA) is 43.4 Å². The van der Waals surface area contributed by atoms with Crippen molar-refractivity contribution in [3.05, 3.63) is 30.3 Å². The molecule has 0 aromatic heterocycles. The molecule has 3 nitrogen and oxygen atoms in total. The third kappa shape index (κ3) is 4.71. The van der Waals surface area contributed by atoms with Crippen LogP contribution < -0.4 is 0 Å². The molecule has 18 heavy (non-hydrogen) atoms. The molecular weight excluding hydrogens is 316 g/mol. The highest BCUT2D eigenvalue weighted by Crippen LogP contribution is 2.22. The molecule has 1 aromatic carbocycles. The smallest absolute Gasteiger partial charge is 0.263 e. The van der Waals surface area contributed by atoms with Crippen LogP contribution in [0.3, 0.4) is 0 Å². The number of rotatable bonds is 6. The fraction of sp³-hybridized carbons (Fsp3) is 0.538. The van der Waals surface area contributed by atoms with Crippen molar-refractivity contribution < 1.29 is 12.6 Å². The van der Waals surface area contributed by atoms with E-state index in [1.165, 1.54) is 0 Å². The van der Waals surface area contributed by atoms with Crippen LogP contribution in [0, 0.1) is 5.92 Å². The summed E-state index contributed by atoms with van der Waals surface area (Å²) in [5.74, 6) is 0.142. The summed E-state index contributed by atoms with van der Waals surface area (Å²) in [7, 11) is -3.67. The molecule has 0 saturated heterocycles. The lowest BCUT2D eigenvalue weighted by molar-refractivity contribution is 0.150. The number of halogens is 1. The van der Waals surface area contributed by atoms with Gasteiger partial charge in [0.25, 0.3) is 10.1 Å². The highest BCUT2D eigenvalue weighted by atomic mass is 79.9. The number of alkyl halides is 1. The Hall–Kier alpha value is -0.390. The Bertz CT molecular complexity index is 454. The number of hydrogen-bond donors (Lipinski definition) is 0. The lowest BCUT2D eigenvalue weighted by atomic mass is 10.0. The largest absolute Gasteiger partial charge is 0.297 e. The van der Waals surface area contributed by atoms with Crippen LogP contribution in [0.1, 0.15) is 27.2 Å². The van der Waals surface area contributed by atoms with Gasteiger partial charge in [0.15, 0.2) is 0 Å². The van der Waals surface area contributed by atoms with E-state index in [2.05, 4.69) is 15.9 Å². The molecule has 1 rings (SSSR count). The average Bonchev–Trinajstić information content (AvgIpc) is 2.28. The molecular formula is C13H19BrO3S. The Morgan fingerprint density at radius 2 is 1.72 bits per heavy atom. The summed E-state index contributed by atoms with van der Waals surface area (Å²) in [6.07, 6.45) is 0.341. The minimum Gasteiger partial charge on any atom is -0.263 e. The maximum Gasteiger partial charge on any atom is 0.297 e. The van der Waals surface area contributed by atoms with E-state index in [0.717, 1.165) is 0 Å². The summed E-state index contributed by atoms with van der Waals surface area (Å²) < 4.78 is 29.5. The zero-order valence-electron chi connectivity index (χ0n) is 10.8. The summed E-state index contributed by atoms with van der Waals surface area (Å²) in [5, 5.41) is 0. The summed E-state index contributed by atoms with van der Waals surface area (Å²) in [5.41, 5.74) is 0. The van der Waals surface area contributed by atoms with Crippen LogP contribution in [0.25, 0.3) is 0 Å². The van der Waals surface area contributed by atoms with E-state index in [0.29, 0.717) is 6.42 Å². The third-order valence-corrected chi connectivity index (χ3v) is 4.31. The molecule has 0 spiro atoms. The quantitative estimate of drug-likeness (QED) is 0.589. The van der Waals surface area contributed by atoms with E-state index >= 15 is 0 Å². The Labute approximate surface area is 118 Å². The van der Waals surface area contributed by atoms with Crippen molar-refractivity contribution in [1.82, 2.24) is 0 Å². The highest BCUT2D eigenvalue weighted by molar-refractivity contribution is 9.09. The maximum atomic E-state index is 12.1. The first-order valence-electron chi connectivity index (χ1n) is 5.95. The first kappa shape index (κ1) is 15.7. The summed E-state index contributed by atoms with van der Waals surface area (Å²) >= 11 is 3.43. The second-order valence-corrected chi connectivity index (χ2v) is 7.80. The van der Waals surface area contributed by atoms with Gasteiger partial charge in [-0.2, -0.15) is 8.42 Å². The molecule has 1 aromatic rings. The van der Waals surface area contributed by atoms with Crippen LogP contribution >= 0.6 is 15.9 Å². The van der Waals surface area contributed by atoms with E-state index in [-0.39, 0.29) is 21.7 Å². The lowest BCUT2D eigenvalue weighted by Crippen LogP contribution is -2.26. The molecule has 0 N–H and O–H groups in total. The molecule has 0 fully saturated rings. The molecule has 0 aliphatic heterocycles. The Balaban J connectivity index is 2.87. The van der Waals surface area contributed by atoms with Crippen LogP contribution in [0.5, 0.6) is 0 Å². The van der Waals surface area contributed by atoms with Gasteiger partial charge < -0.3 is 0 Å². The van der Waals surface area contributed by atoms with Crippen LogP contribution in [-0.2, 0) is 14.3 Å². The molecule has 0 radical (unpaired) electrons. The van der Waals surface area contributed by atoms with Gasteiger partial charge in [-0.3, -0.25) is 4.18 Å². The summed E-state index contributed by atoms with van der Waals surface area (Å²) in [6.45, 7) is 5.90. The lowest BCUT2D eigenvalue weighted by Gasteiger charge is -2.22. The molecule has 102 valence electrons. The van der Waals surface area contributed by atoms with Crippen molar-refractivity contribution in [3.8, 4) is 0 Å². The predicted octanol–water partition coefficient (Wildman–Crippen LogP) is 3.59. The molecule has 0 aliphatic rings. The van der Waals surface area contributed by atoms with Gasteiger partial charge in [0, 0.05) is 4.83 Å². The van der Waals surface area contributed by atoms with E-state index in [1.54, 1.807) is 30.3 Å². The molecule has 2 atom stereocenters. The SMILES string of the molecule is CC(Br)CC(OS(=O)(=O)c1ccccc1)C(C)C. The van der Waals surface area contributed by atoms with E-state index in [9.17, 15) is 8.42 Å². The van der Waals surface area contributed by atoms with Gasteiger partial charge in [-0.05, 0) is 24.5 Å². The maximum absolute atomic E-state index is 12.1. The van der Waals surface area contributed by atoms with Gasteiger partial charge in [-0.15, -0.1) is 0 Å². The minimum atomic E-state index is -3.67. The Morgan fingerprint density at radius 1 is 1.17 bits per heavy atom. The zero-order valence-corrected chi connectivity index (χ0v) is 13.2. The van der Waals surface area contributed by atoms with E-state index < -0.39 is 10.1 Å². The molecule has 0 bridgehead atoms. The predicted molar refractivity (Wildman–Crippen MR) is 76.3 cm³/mol. The second kappa shape index (κ2) is 6.68. The van der Waals surface area contributed by atoms with Gasteiger partial charge in [-0.1, -0.05) is 54.9 Å². The fourth-order valence-electron chi connectivity index (χ4n) is 1.55. The van der Waals surface area contributed by atoms with Crippen molar-refractivity contribution >= 4 is 26.0 Å². The molecule has 0 amide bonds. The monoisotopic (exact) mass is 334 g/mol. The van der Waals surface area contributed by atoms with Crippen LogP contribution in [0.2, 0.25) is 0 Å². The minimum absolute atomic E-state index is 0.142. The summed E-state index contributed by atoms with van der Waals surface area (Å²) in [4.78, 5) is 0.425. The molecule has 0 heterocycles. The van der Waals surface area contributed by atoms with Gasteiger partial charge in [-0.25, -0.2) is 0 Å². The molecule has 5 heteroatoms. The average molecular weight is 335 g/mol. The van der Waals surface area contributed by atoms with Gasteiger partial charge >= 0.3 is 0 Å².